The summed E-state index contributed by atoms with van der Waals surface area (Å²) in [7, 11) is 1.63. The van der Waals surface area contributed by atoms with Crippen LogP contribution in [0.4, 0.5) is 0 Å². The third-order valence-electron chi connectivity index (χ3n) is 3.40. The summed E-state index contributed by atoms with van der Waals surface area (Å²) in [5, 5.41) is 9.99. The maximum atomic E-state index is 9.99. The number of benzene rings is 1. The van der Waals surface area contributed by atoms with Crippen molar-refractivity contribution in [2.24, 2.45) is 0 Å². The van der Waals surface area contributed by atoms with Crippen LogP contribution in [0, 0.1) is 0 Å². The summed E-state index contributed by atoms with van der Waals surface area (Å²) in [6.45, 7) is 3.21. The van der Waals surface area contributed by atoms with Crippen molar-refractivity contribution >= 4 is 12.4 Å². The predicted molar refractivity (Wildman–Crippen MR) is 82.0 cm³/mol. The zero-order valence-corrected chi connectivity index (χ0v) is 12.8. The zero-order valence-electron chi connectivity index (χ0n) is 12.0. The Morgan fingerprint density at radius 2 is 1.90 bits per heavy atom. The van der Waals surface area contributed by atoms with Crippen LogP contribution >= 0.6 is 12.4 Å². The van der Waals surface area contributed by atoms with E-state index in [0.717, 1.165) is 24.6 Å². The van der Waals surface area contributed by atoms with Crippen LogP contribution in [0.3, 0.4) is 0 Å². The summed E-state index contributed by atoms with van der Waals surface area (Å²) in [5.41, 5.74) is 0. The quantitative estimate of drug-likeness (QED) is 0.876. The van der Waals surface area contributed by atoms with Crippen LogP contribution < -0.4 is 9.47 Å². The van der Waals surface area contributed by atoms with Gasteiger partial charge in [0.15, 0.2) is 0 Å². The van der Waals surface area contributed by atoms with Gasteiger partial charge in [0.1, 0.15) is 24.2 Å². The van der Waals surface area contributed by atoms with Crippen LogP contribution in [0.5, 0.6) is 11.5 Å². The lowest BCUT2D eigenvalue weighted by atomic mass is 10.1. The first kappa shape index (κ1) is 17.1. The highest BCUT2D eigenvalue weighted by Gasteiger charge is 2.15. The fourth-order valence-corrected chi connectivity index (χ4v) is 2.38. The van der Waals surface area contributed by atoms with Gasteiger partial charge in [-0.05, 0) is 38.1 Å². The number of likely N-dealkylation sites (tertiary alicyclic amines) is 1. The third-order valence-corrected chi connectivity index (χ3v) is 3.40. The Labute approximate surface area is 127 Å². The van der Waals surface area contributed by atoms with Crippen molar-refractivity contribution in [2.45, 2.75) is 25.4 Å². The van der Waals surface area contributed by atoms with Crippen molar-refractivity contribution in [1.29, 1.82) is 0 Å². The van der Waals surface area contributed by atoms with E-state index in [2.05, 4.69) is 4.90 Å². The van der Waals surface area contributed by atoms with E-state index in [4.69, 9.17) is 9.47 Å². The standard InChI is InChI=1S/C15H23NO3.ClH/c1-18-14-6-5-7-15(10-14)19-12-13(17)11-16-8-3-2-4-9-16;/h5-7,10,13,17H,2-4,8-9,11-12H2,1H3;1H. The second kappa shape index (κ2) is 9.06. The number of halogens is 1. The van der Waals surface area contributed by atoms with Gasteiger partial charge in [-0.15, -0.1) is 12.4 Å². The SMILES string of the molecule is COc1cccc(OCC(O)CN2CCCCC2)c1.Cl. The molecule has 5 heteroatoms. The van der Waals surface area contributed by atoms with Gasteiger partial charge in [-0.25, -0.2) is 0 Å². The van der Waals surface area contributed by atoms with Crippen LogP contribution in [0.15, 0.2) is 24.3 Å². The van der Waals surface area contributed by atoms with Gasteiger partial charge in [0.2, 0.25) is 0 Å². The highest BCUT2D eigenvalue weighted by Crippen LogP contribution is 2.19. The molecule has 0 amide bonds. The normalized spacial score (nSPS) is 17.1. The number of ether oxygens (including phenoxy) is 2. The smallest absolute Gasteiger partial charge is 0.123 e. The molecule has 0 aliphatic carbocycles. The molecule has 1 aliphatic heterocycles. The molecule has 1 aromatic carbocycles. The number of hydrogen-bond acceptors (Lipinski definition) is 4. The Bertz CT molecular complexity index is 383. The summed E-state index contributed by atoms with van der Waals surface area (Å²) < 4.78 is 10.7. The highest BCUT2D eigenvalue weighted by molar-refractivity contribution is 5.85. The predicted octanol–water partition coefficient (Wildman–Crippen LogP) is 2.34. The first-order valence-electron chi connectivity index (χ1n) is 6.95. The molecule has 0 spiro atoms. The van der Waals surface area contributed by atoms with E-state index in [0.29, 0.717) is 13.2 Å². The Hall–Kier alpha value is -0.970. The Balaban J connectivity index is 0.00000200. The maximum Gasteiger partial charge on any atom is 0.123 e. The van der Waals surface area contributed by atoms with Gasteiger partial charge in [-0.1, -0.05) is 12.5 Å². The molecule has 1 heterocycles. The second-order valence-electron chi connectivity index (χ2n) is 5.01. The van der Waals surface area contributed by atoms with E-state index < -0.39 is 6.10 Å². The molecule has 1 saturated heterocycles. The molecule has 1 aliphatic rings. The van der Waals surface area contributed by atoms with Crippen molar-refractivity contribution in [3.05, 3.63) is 24.3 Å². The van der Waals surface area contributed by atoms with Crippen molar-refractivity contribution in [3.63, 3.8) is 0 Å². The van der Waals surface area contributed by atoms with E-state index in [1.54, 1.807) is 7.11 Å². The van der Waals surface area contributed by atoms with Gasteiger partial charge in [0, 0.05) is 12.6 Å². The summed E-state index contributed by atoms with van der Waals surface area (Å²) in [4.78, 5) is 2.31. The number of piperidine rings is 1. The Morgan fingerprint density at radius 1 is 1.20 bits per heavy atom. The minimum absolute atomic E-state index is 0. The number of nitrogens with zero attached hydrogens (tertiary/aromatic N) is 1. The summed E-state index contributed by atoms with van der Waals surface area (Å²) in [6.07, 6.45) is 3.35. The topological polar surface area (TPSA) is 41.9 Å². The molecule has 1 aromatic rings. The number of aliphatic hydroxyl groups is 1. The molecule has 4 nitrogen and oxygen atoms in total. The lowest BCUT2D eigenvalue weighted by Crippen LogP contribution is -2.38. The molecular formula is C15H24ClNO3. The first-order chi connectivity index (χ1) is 9.28. The molecule has 1 unspecified atom stereocenters. The Kier molecular flexibility index (Phi) is 7.73. The molecule has 0 bridgehead atoms. The molecule has 114 valence electrons. The van der Waals surface area contributed by atoms with Gasteiger partial charge in [0.05, 0.1) is 7.11 Å². The monoisotopic (exact) mass is 301 g/mol. The molecular weight excluding hydrogens is 278 g/mol. The number of aliphatic hydroxyl groups excluding tert-OH is 1. The molecule has 2 rings (SSSR count). The van der Waals surface area contributed by atoms with Crippen molar-refractivity contribution in [1.82, 2.24) is 4.90 Å². The molecule has 1 N–H and O–H groups in total. The lowest BCUT2D eigenvalue weighted by Gasteiger charge is -2.28. The molecule has 0 radical (unpaired) electrons. The fraction of sp³-hybridized carbons (Fsp3) is 0.600. The maximum absolute atomic E-state index is 9.99. The van der Waals surface area contributed by atoms with Crippen LogP contribution in [-0.2, 0) is 0 Å². The molecule has 1 fully saturated rings. The number of β-amino-alcohol motifs (C(OH)–C–C–N with tert-alkyl or cyclic N) is 1. The van der Waals surface area contributed by atoms with Gasteiger partial charge >= 0.3 is 0 Å². The van der Waals surface area contributed by atoms with Gasteiger partial charge in [-0.2, -0.15) is 0 Å². The molecule has 20 heavy (non-hydrogen) atoms. The summed E-state index contributed by atoms with van der Waals surface area (Å²) in [5.74, 6) is 1.50. The van der Waals surface area contributed by atoms with E-state index in [-0.39, 0.29) is 12.4 Å². The third kappa shape index (κ3) is 5.57. The number of methoxy groups -OCH3 is 1. The van der Waals surface area contributed by atoms with Crippen molar-refractivity contribution in [2.75, 3.05) is 33.4 Å². The van der Waals surface area contributed by atoms with Gasteiger partial charge in [-0.3, -0.25) is 0 Å². The minimum atomic E-state index is -0.440. The average molecular weight is 302 g/mol. The van der Waals surface area contributed by atoms with Gasteiger partial charge < -0.3 is 19.5 Å². The highest BCUT2D eigenvalue weighted by atomic mass is 35.5. The van der Waals surface area contributed by atoms with E-state index >= 15 is 0 Å². The number of hydrogen-bond donors (Lipinski definition) is 1. The summed E-state index contributed by atoms with van der Waals surface area (Å²) in [6, 6.07) is 7.45. The van der Waals surface area contributed by atoms with Crippen LogP contribution in [0.1, 0.15) is 19.3 Å². The van der Waals surface area contributed by atoms with E-state index in [1.807, 2.05) is 24.3 Å². The largest absolute Gasteiger partial charge is 0.497 e. The number of rotatable bonds is 6. The summed E-state index contributed by atoms with van der Waals surface area (Å²) >= 11 is 0. The fourth-order valence-electron chi connectivity index (χ4n) is 2.38. The minimum Gasteiger partial charge on any atom is -0.497 e. The van der Waals surface area contributed by atoms with E-state index in [1.165, 1.54) is 19.3 Å². The first-order valence-corrected chi connectivity index (χ1v) is 6.95. The van der Waals surface area contributed by atoms with Gasteiger partial charge in [0.25, 0.3) is 0 Å². The van der Waals surface area contributed by atoms with Crippen LogP contribution in [0.25, 0.3) is 0 Å². The van der Waals surface area contributed by atoms with Crippen molar-refractivity contribution < 1.29 is 14.6 Å². The average Bonchev–Trinajstić information content (AvgIpc) is 2.46. The Morgan fingerprint density at radius 3 is 2.60 bits per heavy atom. The lowest BCUT2D eigenvalue weighted by molar-refractivity contribution is 0.0616. The van der Waals surface area contributed by atoms with Crippen molar-refractivity contribution in [3.8, 4) is 11.5 Å². The van der Waals surface area contributed by atoms with Crippen LogP contribution in [-0.4, -0.2) is 49.5 Å². The molecule has 0 aromatic heterocycles. The van der Waals surface area contributed by atoms with E-state index in [9.17, 15) is 5.11 Å². The second-order valence-corrected chi connectivity index (χ2v) is 5.01. The van der Waals surface area contributed by atoms with Crippen LogP contribution in [0.2, 0.25) is 0 Å². The zero-order chi connectivity index (χ0) is 13.5. The molecule has 0 saturated carbocycles. The molecule has 1 atom stereocenters.